The largest absolute Gasteiger partial charge is 0.508 e. The molecule has 0 aliphatic carbocycles. The molecule has 3 atom stereocenters. The van der Waals surface area contributed by atoms with Gasteiger partial charge in [-0.05, 0) is 42.9 Å². The number of hydrogen-bond acceptors (Lipinski definition) is 6. The number of carboxylic acid groups (broad SMARTS) is 1. The number of hydrogen-bond donors (Lipinski definition) is 5. The Bertz CT molecular complexity index is 1030. The lowest BCUT2D eigenvalue weighted by molar-refractivity contribution is -0.138. The summed E-state index contributed by atoms with van der Waals surface area (Å²) >= 11 is 0. The highest BCUT2D eigenvalue weighted by atomic mass is 16.4. The highest BCUT2D eigenvalue weighted by molar-refractivity contribution is 5.93. The van der Waals surface area contributed by atoms with Gasteiger partial charge in [-0.1, -0.05) is 110 Å². The van der Waals surface area contributed by atoms with E-state index in [0.29, 0.717) is 24.7 Å². The summed E-state index contributed by atoms with van der Waals surface area (Å²) in [6.45, 7) is 6.04. The number of aliphatic carboxylic acids is 1. The van der Waals surface area contributed by atoms with Crippen LogP contribution in [0.4, 0.5) is 0 Å². The number of aldehydes is 1. The zero-order chi connectivity index (χ0) is 34.2. The van der Waals surface area contributed by atoms with Crippen LogP contribution >= 0.6 is 0 Å². The van der Waals surface area contributed by atoms with Crippen LogP contribution in [0.25, 0.3) is 0 Å². The van der Waals surface area contributed by atoms with Crippen molar-refractivity contribution in [1.82, 2.24) is 16.0 Å². The molecule has 10 nitrogen and oxygen atoms in total. The first kappa shape index (κ1) is 40.6. The molecule has 0 bridgehead atoms. The number of carbonyl (C=O) groups is 5. The zero-order valence-electron chi connectivity index (χ0n) is 28.4. The van der Waals surface area contributed by atoms with Crippen molar-refractivity contribution in [2.24, 2.45) is 5.92 Å². The van der Waals surface area contributed by atoms with Crippen LogP contribution in [-0.2, 0) is 30.4 Å². The van der Waals surface area contributed by atoms with Gasteiger partial charge in [0.1, 0.15) is 24.1 Å². The van der Waals surface area contributed by atoms with Crippen molar-refractivity contribution in [3.63, 3.8) is 0 Å². The first-order chi connectivity index (χ1) is 22.0. The van der Waals surface area contributed by atoms with E-state index in [0.717, 1.165) is 19.3 Å². The van der Waals surface area contributed by atoms with Gasteiger partial charge in [0.15, 0.2) is 0 Å². The van der Waals surface area contributed by atoms with Crippen molar-refractivity contribution in [2.45, 2.75) is 154 Å². The van der Waals surface area contributed by atoms with E-state index in [1.54, 1.807) is 12.1 Å². The number of nitrogens with one attached hydrogen (secondary N) is 3. The average Bonchev–Trinajstić information content (AvgIpc) is 3.01. The highest BCUT2D eigenvalue weighted by Gasteiger charge is 2.28. The summed E-state index contributed by atoms with van der Waals surface area (Å²) in [6.07, 6.45) is 16.3. The molecule has 5 N–H and O–H groups in total. The summed E-state index contributed by atoms with van der Waals surface area (Å²) in [4.78, 5) is 62.2. The minimum absolute atomic E-state index is 0.0627. The summed E-state index contributed by atoms with van der Waals surface area (Å²) in [5.74, 6) is -2.52. The van der Waals surface area contributed by atoms with Gasteiger partial charge in [0, 0.05) is 19.3 Å². The number of carbonyl (C=O) groups excluding carboxylic acids is 4. The van der Waals surface area contributed by atoms with Gasteiger partial charge in [0.05, 0.1) is 6.04 Å². The molecule has 0 unspecified atom stereocenters. The molecule has 1 rings (SSSR count). The summed E-state index contributed by atoms with van der Waals surface area (Å²) < 4.78 is 0. The van der Waals surface area contributed by atoms with E-state index in [4.69, 9.17) is 0 Å². The average molecular weight is 646 g/mol. The van der Waals surface area contributed by atoms with Gasteiger partial charge in [-0.3, -0.25) is 19.2 Å². The molecule has 260 valence electrons. The molecule has 1 aromatic rings. The van der Waals surface area contributed by atoms with Gasteiger partial charge in [-0.15, -0.1) is 0 Å². The van der Waals surface area contributed by atoms with Gasteiger partial charge in [0.25, 0.3) is 0 Å². The topological polar surface area (TPSA) is 162 Å². The molecule has 0 aromatic heterocycles. The van der Waals surface area contributed by atoms with Gasteiger partial charge in [-0.2, -0.15) is 0 Å². The Morgan fingerprint density at radius 3 is 1.74 bits per heavy atom. The maximum Gasteiger partial charge on any atom is 0.303 e. The third-order valence-corrected chi connectivity index (χ3v) is 8.03. The van der Waals surface area contributed by atoms with E-state index in [2.05, 4.69) is 22.9 Å². The molecule has 0 aliphatic rings. The van der Waals surface area contributed by atoms with Gasteiger partial charge < -0.3 is 31.0 Å². The predicted octanol–water partition coefficient (Wildman–Crippen LogP) is 5.98. The van der Waals surface area contributed by atoms with Crippen molar-refractivity contribution in [3.05, 3.63) is 29.8 Å². The van der Waals surface area contributed by atoms with Crippen molar-refractivity contribution >= 4 is 30.0 Å². The van der Waals surface area contributed by atoms with Crippen LogP contribution < -0.4 is 16.0 Å². The second-order valence-corrected chi connectivity index (χ2v) is 12.9. The number of aromatic hydroxyl groups is 1. The number of phenols is 1. The molecular weight excluding hydrogens is 586 g/mol. The first-order valence-corrected chi connectivity index (χ1v) is 17.4. The van der Waals surface area contributed by atoms with Gasteiger partial charge >= 0.3 is 5.97 Å². The van der Waals surface area contributed by atoms with Crippen molar-refractivity contribution < 1.29 is 34.2 Å². The molecule has 0 aliphatic heterocycles. The Morgan fingerprint density at radius 2 is 1.24 bits per heavy atom. The fourth-order valence-electron chi connectivity index (χ4n) is 5.40. The Kier molecular flexibility index (Phi) is 21.8. The van der Waals surface area contributed by atoms with E-state index >= 15 is 0 Å². The Morgan fingerprint density at radius 1 is 0.717 bits per heavy atom. The second kappa shape index (κ2) is 24.8. The lowest BCUT2D eigenvalue weighted by atomic mass is 10.0. The third kappa shape index (κ3) is 19.9. The van der Waals surface area contributed by atoms with Crippen molar-refractivity contribution in [2.75, 3.05) is 0 Å². The molecular formula is C36H59N3O7. The number of benzene rings is 1. The van der Waals surface area contributed by atoms with Crippen LogP contribution in [-0.4, -0.2) is 58.3 Å². The zero-order valence-corrected chi connectivity index (χ0v) is 28.4. The summed E-state index contributed by atoms with van der Waals surface area (Å²) in [6, 6.07) is 3.24. The molecule has 3 amide bonds. The molecule has 0 spiro atoms. The predicted molar refractivity (Wildman–Crippen MR) is 180 cm³/mol. The summed E-state index contributed by atoms with van der Waals surface area (Å²) in [5, 5.41) is 26.9. The molecule has 1 aromatic carbocycles. The standard InChI is InChI=1S/C36H59N3O7/c1-4-5-6-7-8-9-10-11-12-13-14-15-16-17-33(42)38-32(25-28-18-20-30(41)21-19-28)36(46)39-31(22-23-34(43)44)35(45)37-29(26-40)24-27(2)3/h18-21,26-27,29,31-32,41H,4-17,22-25H2,1-3H3,(H,37,45)(H,38,42)(H,39,46)(H,43,44)/t29-,31-,32-/m0/s1. The van der Waals surface area contributed by atoms with E-state index in [9.17, 15) is 34.2 Å². The Labute approximate surface area is 275 Å². The van der Waals surface area contributed by atoms with Crippen molar-refractivity contribution in [1.29, 1.82) is 0 Å². The van der Waals surface area contributed by atoms with Gasteiger partial charge in [-0.25, -0.2) is 0 Å². The maximum atomic E-state index is 13.5. The van der Waals surface area contributed by atoms with Crippen LogP contribution in [0.1, 0.15) is 135 Å². The number of rotatable bonds is 27. The molecule has 0 radical (unpaired) electrons. The normalized spacial score (nSPS) is 13.0. The van der Waals surface area contributed by atoms with Crippen LogP contribution in [0, 0.1) is 5.92 Å². The number of amides is 3. The number of unbranched alkanes of at least 4 members (excludes halogenated alkanes) is 12. The SMILES string of the molecule is CCCCCCCCCCCCCCCC(=O)N[C@@H](Cc1ccc(O)cc1)C(=O)N[C@@H](CCC(=O)O)C(=O)N[C@H](C=O)CC(C)C. The smallest absolute Gasteiger partial charge is 0.303 e. The molecule has 0 fully saturated rings. The van der Waals surface area contributed by atoms with E-state index in [1.807, 2.05) is 13.8 Å². The molecule has 46 heavy (non-hydrogen) atoms. The van der Waals surface area contributed by atoms with Crippen LogP contribution in [0.15, 0.2) is 24.3 Å². The lowest BCUT2D eigenvalue weighted by Crippen LogP contribution is -2.55. The second-order valence-electron chi connectivity index (χ2n) is 12.9. The minimum Gasteiger partial charge on any atom is -0.508 e. The molecule has 10 heteroatoms. The highest BCUT2D eigenvalue weighted by Crippen LogP contribution is 2.15. The summed E-state index contributed by atoms with van der Waals surface area (Å²) in [5.41, 5.74) is 0.684. The quantitative estimate of drug-likeness (QED) is 0.0581. The number of carboxylic acids is 1. The van der Waals surface area contributed by atoms with E-state index < -0.39 is 35.9 Å². The number of phenolic OH excluding ortho intramolecular Hbond substituents is 1. The molecule has 0 heterocycles. The monoisotopic (exact) mass is 645 g/mol. The van der Waals surface area contributed by atoms with Gasteiger partial charge in [0.2, 0.25) is 17.7 Å². The first-order valence-electron chi connectivity index (χ1n) is 17.4. The lowest BCUT2D eigenvalue weighted by Gasteiger charge is -2.24. The fourth-order valence-corrected chi connectivity index (χ4v) is 5.40. The van der Waals surface area contributed by atoms with Crippen LogP contribution in [0.3, 0.4) is 0 Å². The van der Waals surface area contributed by atoms with E-state index in [1.165, 1.54) is 69.9 Å². The fraction of sp³-hybridized carbons (Fsp3) is 0.694. The van der Waals surface area contributed by atoms with E-state index in [-0.39, 0.29) is 43.3 Å². The van der Waals surface area contributed by atoms with Crippen LogP contribution in [0.5, 0.6) is 5.75 Å². The molecule has 0 saturated carbocycles. The Hall–Kier alpha value is -3.43. The Balaban J connectivity index is 2.70. The van der Waals surface area contributed by atoms with Crippen LogP contribution in [0.2, 0.25) is 0 Å². The van der Waals surface area contributed by atoms with Crippen molar-refractivity contribution in [3.8, 4) is 5.75 Å². The third-order valence-electron chi connectivity index (χ3n) is 8.03. The maximum absolute atomic E-state index is 13.5. The summed E-state index contributed by atoms with van der Waals surface area (Å²) in [7, 11) is 0. The molecule has 0 saturated heterocycles. The minimum atomic E-state index is -1.21.